The molecule has 1 heterocycles. The Morgan fingerprint density at radius 2 is 2.10 bits per heavy atom. The molecular weight excluding hydrogens is 302 g/mol. The second-order valence-electron chi connectivity index (χ2n) is 4.18. The standard InChI is InChI=1S/C13H12ClNO4S/c1-9-7-10(4-5-12(9)20(14,17)18)13(16)15-8-11-3-2-6-19-11/h2-7H,8H2,1H3,(H,15,16). The first kappa shape index (κ1) is 14.6. The van der Waals surface area contributed by atoms with E-state index in [0.29, 0.717) is 16.9 Å². The van der Waals surface area contributed by atoms with Crippen molar-refractivity contribution in [3.05, 3.63) is 53.5 Å². The maximum Gasteiger partial charge on any atom is 0.261 e. The van der Waals surface area contributed by atoms with Crippen molar-refractivity contribution in [1.29, 1.82) is 0 Å². The van der Waals surface area contributed by atoms with Crippen molar-refractivity contribution in [1.82, 2.24) is 5.32 Å². The molecule has 7 heteroatoms. The number of halogens is 1. The lowest BCUT2D eigenvalue weighted by Gasteiger charge is -2.06. The van der Waals surface area contributed by atoms with Gasteiger partial charge in [-0.15, -0.1) is 0 Å². The molecule has 0 fully saturated rings. The summed E-state index contributed by atoms with van der Waals surface area (Å²) in [5.41, 5.74) is 0.781. The van der Waals surface area contributed by atoms with Crippen LogP contribution in [0.4, 0.5) is 0 Å². The lowest BCUT2D eigenvalue weighted by molar-refractivity contribution is 0.0948. The molecule has 0 unspecified atom stereocenters. The van der Waals surface area contributed by atoms with Gasteiger partial charge in [0.1, 0.15) is 5.76 Å². The van der Waals surface area contributed by atoms with E-state index in [1.165, 1.54) is 24.5 Å². The van der Waals surface area contributed by atoms with Crippen LogP contribution >= 0.6 is 10.7 Å². The Kier molecular flexibility index (Phi) is 4.15. The Morgan fingerprint density at radius 1 is 1.35 bits per heavy atom. The van der Waals surface area contributed by atoms with E-state index in [2.05, 4.69) is 5.32 Å². The molecule has 0 aliphatic rings. The Labute approximate surface area is 121 Å². The van der Waals surface area contributed by atoms with Gasteiger partial charge in [0.15, 0.2) is 0 Å². The van der Waals surface area contributed by atoms with E-state index in [0.717, 1.165) is 0 Å². The van der Waals surface area contributed by atoms with Crippen molar-refractivity contribution in [2.24, 2.45) is 0 Å². The largest absolute Gasteiger partial charge is 0.467 e. The molecule has 0 saturated heterocycles. The lowest BCUT2D eigenvalue weighted by Crippen LogP contribution is -2.22. The molecule has 106 valence electrons. The number of hydrogen-bond donors (Lipinski definition) is 1. The molecule has 0 atom stereocenters. The number of carbonyl (C=O) groups excluding carboxylic acids is 1. The van der Waals surface area contributed by atoms with Crippen molar-refractivity contribution >= 4 is 25.6 Å². The number of furan rings is 1. The van der Waals surface area contributed by atoms with E-state index in [-0.39, 0.29) is 17.3 Å². The summed E-state index contributed by atoms with van der Waals surface area (Å²) in [6.45, 7) is 1.85. The summed E-state index contributed by atoms with van der Waals surface area (Å²) >= 11 is 0. The third-order valence-electron chi connectivity index (χ3n) is 2.70. The summed E-state index contributed by atoms with van der Waals surface area (Å²) in [6.07, 6.45) is 1.52. The molecular formula is C13H12ClNO4S. The monoisotopic (exact) mass is 313 g/mol. The van der Waals surface area contributed by atoms with Gasteiger partial charge in [-0.1, -0.05) is 0 Å². The zero-order valence-corrected chi connectivity index (χ0v) is 12.2. The van der Waals surface area contributed by atoms with E-state index in [1.807, 2.05) is 0 Å². The quantitative estimate of drug-likeness (QED) is 0.880. The average molecular weight is 314 g/mol. The van der Waals surface area contributed by atoms with E-state index in [4.69, 9.17) is 15.1 Å². The summed E-state index contributed by atoms with van der Waals surface area (Å²) in [6, 6.07) is 7.69. The minimum absolute atomic E-state index is 0.00162. The predicted octanol–water partition coefficient (Wildman–Crippen LogP) is 2.45. The molecule has 0 bridgehead atoms. The van der Waals surface area contributed by atoms with E-state index in [9.17, 15) is 13.2 Å². The molecule has 1 aromatic heterocycles. The Bertz CT molecular complexity index is 723. The fourth-order valence-electron chi connectivity index (χ4n) is 1.75. The highest BCUT2D eigenvalue weighted by molar-refractivity contribution is 8.13. The molecule has 20 heavy (non-hydrogen) atoms. The molecule has 1 N–H and O–H groups in total. The fraction of sp³-hybridized carbons (Fsp3) is 0.154. The van der Waals surface area contributed by atoms with Crippen LogP contribution in [-0.2, 0) is 15.6 Å². The summed E-state index contributed by atoms with van der Waals surface area (Å²) in [4.78, 5) is 11.9. The van der Waals surface area contributed by atoms with Gasteiger partial charge in [-0.2, -0.15) is 0 Å². The van der Waals surface area contributed by atoms with Crippen molar-refractivity contribution < 1.29 is 17.6 Å². The SMILES string of the molecule is Cc1cc(C(=O)NCc2ccco2)ccc1S(=O)(=O)Cl. The van der Waals surface area contributed by atoms with Crippen LogP contribution in [-0.4, -0.2) is 14.3 Å². The van der Waals surface area contributed by atoms with E-state index in [1.54, 1.807) is 19.1 Å². The number of carbonyl (C=O) groups is 1. The summed E-state index contributed by atoms with van der Waals surface area (Å²) in [5, 5.41) is 2.67. The van der Waals surface area contributed by atoms with Gasteiger partial charge in [-0.3, -0.25) is 4.79 Å². The smallest absolute Gasteiger partial charge is 0.261 e. The summed E-state index contributed by atoms with van der Waals surface area (Å²) < 4.78 is 27.6. The first-order valence-corrected chi connectivity index (χ1v) is 8.05. The van der Waals surface area contributed by atoms with Gasteiger partial charge < -0.3 is 9.73 Å². The van der Waals surface area contributed by atoms with Crippen LogP contribution < -0.4 is 5.32 Å². The molecule has 0 spiro atoms. The first-order chi connectivity index (χ1) is 9.38. The molecule has 0 saturated carbocycles. The predicted molar refractivity (Wildman–Crippen MR) is 74.1 cm³/mol. The normalized spacial score (nSPS) is 11.3. The van der Waals surface area contributed by atoms with Crippen LogP contribution in [0.25, 0.3) is 0 Å². The summed E-state index contributed by atoms with van der Waals surface area (Å²) in [7, 11) is 1.49. The van der Waals surface area contributed by atoms with Crippen LogP contribution in [0.15, 0.2) is 45.9 Å². The summed E-state index contributed by atoms with van der Waals surface area (Å²) in [5.74, 6) is 0.318. The van der Waals surface area contributed by atoms with Crippen molar-refractivity contribution in [2.75, 3.05) is 0 Å². The molecule has 2 rings (SSSR count). The topological polar surface area (TPSA) is 76.4 Å². The lowest BCUT2D eigenvalue weighted by atomic mass is 10.1. The third kappa shape index (κ3) is 3.40. The van der Waals surface area contributed by atoms with Gasteiger partial charge in [0.05, 0.1) is 17.7 Å². The highest BCUT2D eigenvalue weighted by Crippen LogP contribution is 2.20. The Hall–Kier alpha value is -1.79. The first-order valence-electron chi connectivity index (χ1n) is 5.74. The van der Waals surface area contributed by atoms with Crippen molar-refractivity contribution in [2.45, 2.75) is 18.4 Å². The third-order valence-corrected chi connectivity index (χ3v) is 4.19. The maximum atomic E-state index is 11.9. The zero-order chi connectivity index (χ0) is 14.8. The maximum absolute atomic E-state index is 11.9. The number of hydrogen-bond acceptors (Lipinski definition) is 4. The second kappa shape index (κ2) is 5.68. The molecule has 2 aromatic rings. The number of aryl methyl sites for hydroxylation is 1. The Morgan fingerprint density at radius 3 is 2.65 bits per heavy atom. The van der Waals surface area contributed by atoms with Crippen LogP contribution in [0.5, 0.6) is 0 Å². The van der Waals surface area contributed by atoms with Crippen LogP contribution in [0.2, 0.25) is 0 Å². The molecule has 0 aliphatic carbocycles. The number of amides is 1. The molecule has 0 aliphatic heterocycles. The number of rotatable bonds is 4. The van der Waals surface area contributed by atoms with Crippen LogP contribution in [0.3, 0.4) is 0 Å². The Balaban J connectivity index is 2.13. The number of benzene rings is 1. The van der Waals surface area contributed by atoms with Gasteiger partial charge in [0.2, 0.25) is 0 Å². The van der Waals surface area contributed by atoms with Gasteiger partial charge in [-0.25, -0.2) is 8.42 Å². The second-order valence-corrected chi connectivity index (χ2v) is 6.71. The highest BCUT2D eigenvalue weighted by Gasteiger charge is 2.15. The molecule has 1 amide bonds. The van der Waals surface area contributed by atoms with Gasteiger partial charge in [0, 0.05) is 16.2 Å². The van der Waals surface area contributed by atoms with E-state index < -0.39 is 9.05 Å². The zero-order valence-electron chi connectivity index (χ0n) is 10.6. The average Bonchev–Trinajstić information content (AvgIpc) is 2.87. The van der Waals surface area contributed by atoms with Crippen molar-refractivity contribution in [3.8, 4) is 0 Å². The molecule has 1 aromatic carbocycles. The van der Waals surface area contributed by atoms with Crippen LogP contribution in [0, 0.1) is 6.92 Å². The number of nitrogens with one attached hydrogen (secondary N) is 1. The van der Waals surface area contributed by atoms with Crippen LogP contribution in [0.1, 0.15) is 21.7 Å². The van der Waals surface area contributed by atoms with Gasteiger partial charge in [-0.05, 0) is 42.8 Å². The highest BCUT2D eigenvalue weighted by atomic mass is 35.7. The molecule has 0 radical (unpaired) electrons. The minimum atomic E-state index is -3.80. The molecule has 5 nitrogen and oxygen atoms in total. The fourth-order valence-corrected chi connectivity index (χ4v) is 2.94. The van der Waals surface area contributed by atoms with E-state index >= 15 is 0 Å². The van der Waals surface area contributed by atoms with Gasteiger partial charge in [0.25, 0.3) is 15.0 Å². The minimum Gasteiger partial charge on any atom is -0.467 e. The van der Waals surface area contributed by atoms with Crippen molar-refractivity contribution in [3.63, 3.8) is 0 Å². The van der Waals surface area contributed by atoms with Gasteiger partial charge >= 0.3 is 0 Å².